The molecule has 1 fully saturated rings. The number of carbonyl (C=O) groups excluding carboxylic acids is 1. The fourth-order valence-corrected chi connectivity index (χ4v) is 3.88. The molecule has 1 heterocycles. The summed E-state index contributed by atoms with van der Waals surface area (Å²) in [6.45, 7) is 3.29. The van der Waals surface area contributed by atoms with Gasteiger partial charge in [0.25, 0.3) is 0 Å². The first-order valence-electron chi connectivity index (χ1n) is 10.9. The van der Waals surface area contributed by atoms with E-state index >= 15 is 0 Å². The molecule has 33 heavy (non-hydrogen) atoms. The molecule has 0 saturated carbocycles. The Balaban J connectivity index is 3.10. The Hall–Kier alpha value is -2.16. The number of carboxylic acid groups (broad SMARTS) is 3. The van der Waals surface area contributed by atoms with Gasteiger partial charge in [0.1, 0.15) is 5.78 Å². The van der Waals surface area contributed by atoms with Crippen molar-refractivity contribution in [2.45, 2.75) is 32.1 Å². The van der Waals surface area contributed by atoms with Crippen LogP contribution in [0.4, 0.5) is 0 Å². The van der Waals surface area contributed by atoms with E-state index in [-0.39, 0.29) is 51.3 Å². The lowest BCUT2D eigenvalue weighted by atomic mass is 10.1. The summed E-state index contributed by atoms with van der Waals surface area (Å²) < 4.78 is 0. The van der Waals surface area contributed by atoms with Gasteiger partial charge in [-0.25, -0.2) is 0 Å². The van der Waals surface area contributed by atoms with Crippen LogP contribution in [0, 0.1) is 0 Å². The minimum atomic E-state index is -1.60. The summed E-state index contributed by atoms with van der Waals surface area (Å²) in [6, 6.07) is -0.667. The number of carboxylic acids is 3. The molecule has 0 spiro atoms. The Morgan fingerprint density at radius 3 is 1.52 bits per heavy atom. The molecule has 0 radical (unpaired) electrons. The molecule has 1 unspecified atom stereocenters. The third kappa shape index (κ3) is 12.6. The van der Waals surface area contributed by atoms with Crippen molar-refractivity contribution in [1.82, 2.24) is 19.6 Å². The number of aliphatic hydroxyl groups is 2. The number of hydrogen-bond acceptors (Lipinski definition) is 10. The van der Waals surface area contributed by atoms with Gasteiger partial charge in [-0.05, 0) is 13.3 Å². The van der Waals surface area contributed by atoms with E-state index in [9.17, 15) is 39.6 Å². The van der Waals surface area contributed by atoms with Crippen molar-refractivity contribution in [1.29, 1.82) is 0 Å². The number of Topliss-reactive ketones (excluding diaryl/α,β-unsaturated/α-hetero) is 1. The second-order valence-electron chi connectivity index (χ2n) is 8.22. The molecule has 1 saturated heterocycles. The van der Waals surface area contributed by atoms with Crippen molar-refractivity contribution in [2.24, 2.45) is 0 Å². The minimum absolute atomic E-state index is 0.0697. The van der Waals surface area contributed by atoms with Crippen LogP contribution in [0.2, 0.25) is 0 Å². The zero-order valence-corrected chi connectivity index (χ0v) is 19.0. The summed E-state index contributed by atoms with van der Waals surface area (Å²) in [7, 11) is 0. The molecule has 0 aromatic carbocycles. The smallest absolute Gasteiger partial charge is 0.317 e. The Morgan fingerprint density at radius 2 is 1.12 bits per heavy atom. The molecule has 0 aromatic rings. The van der Waals surface area contributed by atoms with Crippen LogP contribution in [0.5, 0.6) is 0 Å². The van der Waals surface area contributed by atoms with E-state index in [0.29, 0.717) is 39.3 Å². The SMILES string of the molecule is CC(=O)C(CCC(=O)O)N1CCN(CC(=O)O)CCN(CC(=O)O)CCN(CC(O)O)CC1. The number of carbonyl (C=O) groups is 4. The summed E-state index contributed by atoms with van der Waals surface area (Å²) in [4.78, 5) is 52.8. The van der Waals surface area contributed by atoms with E-state index in [1.54, 1.807) is 14.7 Å². The lowest BCUT2D eigenvalue weighted by molar-refractivity contribution is -0.140. The van der Waals surface area contributed by atoms with Gasteiger partial charge in [0.05, 0.1) is 19.1 Å². The zero-order chi connectivity index (χ0) is 25.0. The Kier molecular flexibility index (Phi) is 13.0. The molecule has 0 aliphatic carbocycles. The van der Waals surface area contributed by atoms with Crippen molar-refractivity contribution in [3.8, 4) is 0 Å². The van der Waals surface area contributed by atoms with Crippen LogP contribution in [0.3, 0.4) is 0 Å². The van der Waals surface area contributed by atoms with Crippen LogP contribution < -0.4 is 0 Å². The lowest BCUT2D eigenvalue weighted by Gasteiger charge is -2.36. The highest BCUT2D eigenvalue weighted by Gasteiger charge is 2.26. The van der Waals surface area contributed by atoms with Gasteiger partial charge in [0, 0.05) is 65.3 Å². The molecule has 0 amide bonds. The number of nitrogens with zero attached hydrogens (tertiary/aromatic N) is 4. The second-order valence-corrected chi connectivity index (χ2v) is 8.22. The summed E-state index contributed by atoms with van der Waals surface area (Å²) >= 11 is 0. The number of aliphatic carboxylic acids is 3. The normalized spacial score (nSPS) is 19.5. The highest BCUT2D eigenvalue weighted by molar-refractivity contribution is 5.82. The van der Waals surface area contributed by atoms with E-state index < -0.39 is 30.2 Å². The maximum Gasteiger partial charge on any atom is 0.317 e. The molecular weight excluding hydrogens is 440 g/mol. The summed E-state index contributed by atoms with van der Waals surface area (Å²) in [5, 5.41) is 46.4. The summed E-state index contributed by atoms with van der Waals surface area (Å²) in [6.07, 6.45) is -1.68. The predicted molar refractivity (Wildman–Crippen MR) is 116 cm³/mol. The van der Waals surface area contributed by atoms with E-state index in [0.717, 1.165) is 0 Å². The van der Waals surface area contributed by atoms with Gasteiger partial charge < -0.3 is 25.5 Å². The lowest BCUT2D eigenvalue weighted by Crippen LogP contribution is -2.51. The van der Waals surface area contributed by atoms with Crippen LogP contribution in [0.1, 0.15) is 19.8 Å². The number of ketones is 1. The largest absolute Gasteiger partial charge is 0.481 e. The van der Waals surface area contributed by atoms with Gasteiger partial charge in [-0.2, -0.15) is 0 Å². The number of β-amino-alcohol motifs (C(OH)–C–C–N with tert-alkyl or cyclic N) is 2. The van der Waals surface area contributed by atoms with Crippen molar-refractivity contribution in [2.75, 3.05) is 72.0 Å². The Labute approximate surface area is 192 Å². The molecule has 13 heteroatoms. The van der Waals surface area contributed by atoms with Gasteiger partial charge in [-0.3, -0.25) is 38.8 Å². The highest BCUT2D eigenvalue weighted by Crippen LogP contribution is 2.11. The molecular formula is C20H36N4O9. The van der Waals surface area contributed by atoms with Crippen molar-refractivity contribution >= 4 is 23.7 Å². The maximum absolute atomic E-state index is 12.3. The first-order chi connectivity index (χ1) is 15.5. The zero-order valence-electron chi connectivity index (χ0n) is 19.0. The third-order valence-corrected chi connectivity index (χ3v) is 5.55. The quantitative estimate of drug-likeness (QED) is 0.198. The van der Waals surface area contributed by atoms with Crippen LogP contribution in [-0.4, -0.2) is 153 Å². The van der Waals surface area contributed by atoms with E-state index in [4.69, 9.17) is 5.11 Å². The summed E-state index contributed by atoms with van der Waals surface area (Å²) in [5.41, 5.74) is 0. The molecule has 13 nitrogen and oxygen atoms in total. The Bertz CT molecular complexity index is 661. The molecule has 1 atom stereocenters. The van der Waals surface area contributed by atoms with Crippen molar-refractivity contribution < 1.29 is 44.7 Å². The first-order valence-corrected chi connectivity index (χ1v) is 10.9. The highest BCUT2D eigenvalue weighted by atomic mass is 16.5. The van der Waals surface area contributed by atoms with Crippen LogP contribution in [-0.2, 0) is 19.2 Å². The average molecular weight is 477 g/mol. The molecule has 1 aliphatic heterocycles. The molecule has 0 bridgehead atoms. The fourth-order valence-electron chi connectivity index (χ4n) is 3.88. The second kappa shape index (κ2) is 14.9. The molecule has 5 N–H and O–H groups in total. The maximum atomic E-state index is 12.3. The number of aliphatic hydroxyl groups excluding tert-OH is 1. The number of hydrogen-bond donors (Lipinski definition) is 5. The van der Waals surface area contributed by atoms with E-state index in [1.165, 1.54) is 6.92 Å². The van der Waals surface area contributed by atoms with Crippen LogP contribution in [0.15, 0.2) is 0 Å². The van der Waals surface area contributed by atoms with Gasteiger partial charge in [-0.1, -0.05) is 0 Å². The molecule has 0 aromatic heterocycles. The van der Waals surface area contributed by atoms with Crippen LogP contribution in [0.25, 0.3) is 0 Å². The van der Waals surface area contributed by atoms with Gasteiger partial charge in [0.2, 0.25) is 0 Å². The molecule has 1 aliphatic rings. The molecule has 1 rings (SSSR count). The number of rotatable bonds is 11. The van der Waals surface area contributed by atoms with E-state index in [2.05, 4.69) is 0 Å². The molecule has 190 valence electrons. The van der Waals surface area contributed by atoms with Crippen molar-refractivity contribution in [3.05, 3.63) is 0 Å². The van der Waals surface area contributed by atoms with E-state index in [1.807, 2.05) is 4.90 Å². The van der Waals surface area contributed by atoms with Crippen molar-refractivity contribution in [3.63, 3.8) is 0 Å². The topological polar surface area (TPSA) is 182 Å². The first kappa shape index (κ1) is 28.9. The van der Waals surface area contributed by atoms with Gasteiger partial charge in [0.15, 0.2) is 6.29 Å². The standard InChI is InChI=1S/C20H36N4O9/c1-15(25)16(2-3-17(26)27)24-10-8-22(13-19(30)31)6-4-21(12-18(28)29)5-7-23(9-11-24)14-20(32)33/h16,19,30-31H,2-14H2,1H3,(H,26,27)(H,28,29)(H,32,33). The predicted octanol–water partition coefficient (Wildman–Crippen LogP) is -2.49. The minimum Gasteiger partial charge on any atom is -0.481 e. The van der Waals surface area contributed by atoms with Crippen LogP contribution >= 0.6 is 0 Å². The fraction of sp³-hybridized carbons (Fsp3) is 0.800. The monoisotopic (exact) mass is 476 g/mol. The Morgan fingerprint density at radius 1 is 0.697 bits per heavy atom. The summed E-state index contributed by atoms with van der Waals surface area (Å²) in [5.74, 6) is -3.27. The van der Waals surface area contributed by atoms with Gasteiger partial charge in [-0.15, -0.1) is 0 Å². The average Bonchev–Trinajstić information content (AvgIpc) is 2.67. The van der Waals surface area contributed by atoms with Gasteiger partial charge >= 0.3 is 17.9 Å². The third-order valence-electron chi connectivity index (χ3n) is 5.55.